The Bertz CT molecular complexity index is 414. The van der Waals surface area contributed by atoms with Crippen LogP contribution in [-0.2, 0) is 4.74 Å². The molecule has 1 fully saturated rings. The van der Waals surface area contributed by atoms with Gasteiger partial charge in [-0.25, -0.2) is 9.97 Å². The van der Waals surface area contributed by atoms with Gasteiger partial charge in [0.2, 0.25) is 5.75 Å². The number of hydrogen-bond acceptors (Lipinski definition) is 6. The number of anilines is 2. The molecule has 1 saturated heterocycles. The van der Waals surface area contributed by atoms with Crippen LogP contribution >= 0.6 is 0 Å². The molecule has 106 valence electrons. The summed E-state index contributed by atoms with van der Waals surface area (Å²) in [5, 5.41) is 3.27. The lowest BCUT2D eigenvalue weighted by molar-refractivity contribution is 0.0982. The molecule has 1 atom stereocenters. The lowest BCUT2D eigenvalue weighted by Crippen LogP contribution is -2.44. The Morgan fingerprint density at radius 1 is 1.53 bits per heavy atom. The lowest BCUT2D eigenvalue weighted by atomic mass is 10.2. The molecule has 0 saturated carbocycles. The summed E-state index contributed by atoms with van der Waals surface area (Å²) in [4.78, 5) is 10.9. The number of ether oxygens (including phenoxy) is 2. The standard InChI is InChI=1S/C13H22N4O2/c1-4-5-14-12-11(18-3)13(16-9-15-12)17-6-7-19-8-10(17)2/h9-10H,4-8H2,1-3H3,(H,14,15,16). The average Bonchev–Trinajstić information content (AvgIpc) is 2.45. The van der Waals surface area contributed by atoms with Gasteiger partial charge in [0.15, 0.2) is 11.6 Å². The van der Waals surface area contributed by atoms with E-state index < -0.39 is 0 Å². The van der Waals surface area contributed by atoms with E-state index >= 15 is 0 Å². The number of nitrogens with one attached hydrogen (secondary N) is 1. The molecule has 1 aromatic heterocycles. The summed E-state index contributed by atoms with van der Waals surface area (Å²) in [5.74, 6) is 2.31. The van der Waals surface area contributed by atoms with Crippen molar-refractivity contribution in [1.82, 2.24) is 9.97 Å². The first-order chi connectivity index (χ1) is 9.27. The van der Waals surface area contributed by atoms with E-state index in [0.717, 1.165) is 37.8 Å². The van der Waals surface area contributed by atoms with Crippen molar-refractivity contribution >= 4 is 11.6 Å². The molecule has 6 heteroatoms. The van der Waals surface area contributed by atoms with Crippen molar-refractivity contribution in [1.29, 1.82) is 0 Å². The maximum absolute atomic E-state index is 5.51. The Morgan fingerprint density at radius 3 is 3.05 bits per heavy atom. The summed E-state index contributed by atoms with van der Waals surface area (Å²) in [7, 11) is 1.66. The topological polar surface area (TPSA) is 59.5 Å². The third-order valence-electron chi connectivity index (χ3n) is 3.17. The highest BCUT2D eigenvalue weighted by atomic mass is 16.5. The highest BCUT2D eigenvalue weighted by Gasteiger charge is 2.25. The largest absolute Gasteiger partial charge is 0.490 e. The molecule has 1 N–H and O–H groups in total. The van der Waals surface area contributed by atoms with Crippen LogP contribution in [0.25, 0.3) is 0 Å². The maximum Gasteiger partial charge on any atom is 0.204 e. The fourth-order valence-electron chi connectivity index (χ4n) is 2.17. The molecular formula is C13H22N4O2. The zero-order valence-corrected chi connectivity index (χ0v) is 11.8. The van der Waals surface area contributed by atoms with Crippen molar-refractivity contribution in [3.63, 3.8) is 0 Å². The third-order valence-corrected chi connectivity index (χ3v) is 3.17. The average molecular weight is 266 g/mol. The van der Waals surface area contributed by atoms with Crippen LogP contribution in [0.5, 0.6) is 5.75 Å². The molecular weight excluding hydrogens is 244 g/mol. The first-order valence-corrected chi connectivity index (χ1v) is 6.75. The van der Waals surface area contributed by atoms with E-state index in [1.807, 2.05) is 0 Å². The van der Waals surface area contributed by atoms with E-state index in [1.54, 1.807) is 13.4 Å². The fourth-order valence-corrected chi connectivity index (χ4v) is 2.17. The first kappa shape index (κ1) is 13.9. The summed E-state index contributed by atoms with van der Waals surface area (Å²) >= 11 is 0. The molecule has 6 nitrogen and oxygen atoms in total. The SMILES string of the molecule is CCCNc1ncnc(N2CCOCC2C)c1OC. The van der Waals surface area contributed by atoms with Gasteiger partial charge in [0.25, 0.3) is 0 Å². The van der Waals surface area contributed by atoms with Crippen LogP contribution in [0.4, 0.5) is 11.6 Å². The van der Waals surface area contributed by atoms with Gasteiger partial charge in [-0.2, -0.15) is 0 Å². The Morgan fingerprint density at radius 2 is 2.37 bits per heavy atom. The zero-order valence-electron chi connectivity index (χ0n) is 11.8. The molecule has 0 amide bonds. The Balaban J connectivity index is 2.28. The Labute approximate surface area is 114 Å². The minimum Gasteiger partial charge on any atom is -0.490 e. The van der Waals surface area contributed by atoms with Gasteiger partial charge in [-0.05, 0) is 13.3 Å². The van der Waals surface area contributed by atoms with Gasteiger partial charge in [0, 0.05) is 13.1 Å². The van der Waals surface area contributed by atoms with Gasteiger partial charge < -0.3 is 19.7 Å². The summed E-state index contributed by atoms with van der Waals surface area (Å²) in [5.41, 5.74) is 0. The normalized spacial score (nSPS) is 19.3. The van der Waals surface area contributed by atoms with Crippen LogP contribution in [0.15, 0.2) is 6.33 Å². The van der Waals surface area contributed by atoms with Gasteiger partial charge in [0.05, 0.1) is 26.4 Å². The highest BCUT2D eigenvalue weighted by Crippen LogP contribution is 2.33. The van der Waals surface area contributed by atoms with E-state index in [1.165, 1.54) is 0 Å². The molecule has 0 spiro atoms. The van der Waals surface area contributed by atoms with Crippen molar-refractivity contribution in [3.05, 3.63) is 6.33 Å². The molecule has 1 aliphatic rings. The van der Waals surface area contributed by atoms with Crippen molar-refractivity contribution in [3.8, 4) is 5.75 Å². The molecule has 0 radical (unpaired) electrons. The van der Waals surface area contributed by atoms with Gasteiger partial charge in [0.1, 0.15) is 6.33 Å². The smallest absolute Gasteiger partial charge is 0.204 e. The number of hydrogen-bond donors (Lipinski definition) is 1. The summed E-state index contributed by atoms with van der Waals surface area (Å²) in [6.07, 6.45) is 2.62. The molecule has 0 aromatic carbocycles. The minimum atomic E-state index is 0.288. The van der Waals surface area contributed by atoms with E-state index in [0.29, 0.717) is 12.4 Å². The molecule has 2 rings (SSSR count). The van der Waals surface area contributed by atoms with Gasteiger partial charge >= 0.3 is 0 Å². The number of aromatic nitrogens is 2. The van der Waals surface area contributed by atoms with Crippen LogP contribution in [0, 0.1) is 0 Å². The molecule has 0 bridgehead atoms. The zero-order chi connectivity index (χ0) is 13.7. The van der Waals surface area contributed by atoms with Crippen LogP contribution in [0.3, 0.4) is 0 Å². The quantitative estimate of drug-likeness (QED) is 0.872. The minimum absolute atomic E-state index is 0.288. The molecule has 1 unspecified atom stereocenters. The second kappa shape index (κ2) is 6.56. The van der Waals surface area contributed by atoms with Crippen LogP contribution in [0.1, 0.15) is 20.3 Å². The van der Waals surface area contributed by atoms with E-state index in [4.69, 9.17) is 9.47 Å². The van der Waals surface area contributed by atoms with E-state index in [2.05, 4.69) is 34.0 Å². The second-order valence-electron chi connectivity index (χ2n) is 4.62. The van der Waals surface area contributed by atoms with Gasteiger partial charge in [-0.15, -0.1) is 0 Å². The van der Waals surface area contributed by atoms with Gasteiger partial charge in [-0.3, -0.25) is 0 Å². The number of rotatable bonds is 5. The van der Waals surface area contributed by atoms with Gasteiger partial charge in [-0.1, -0.05) is 6.92 Å². The Kier molecular flexibility index (Phi) is 4.79. The Hall–Kier alpha value is -1.56. The van der Waals surface area contributed by atoms with E-state index in [-0.39, 0.29) is 6.04 Å². The predicted octanol–water partition coefficient (Wildman–Crippen LogP) is 1.53. The van der Waals surface area contributed by atoms with Crippen LogP contribution in [0.2, 0.25) is 0 Å². The monoisotopic (exact) mass is 266 g/mol. The molecule has 1 aliphatic heterocycles. The maximum atomic E-state index is 5.51. The summed E-state index contributed by atoms with van der Waals surface area (Å²) in [6.45, 7) is 7.36. The van der Waals surface area contributed by atoms with E-state index in [9.17, 15) is 0 Å². The second-order valence-corrected chi connectivity index (χ2v) is 4.62. The van der Waals surface area contributed by atoms with Crippen LogP contribution in [-0.4, -0.2) is 49.4 Å². The van der Waals surface area contributed by atoms with Crippen molar-refractivity contribution < 1.29 is 9.47 Å². The first-order valence-electron chi connectivity index (χ1n) is 6.75. The number of methoxy groups -OCH3 is 1. The summed E-state index contributed by atoms with van der Waals surface area (Å²) in [6, 6.07) is 0.288. The lowest BCUT2D eigenvalue weighted by Gasteiger charge is -2.35. The van der Waals surface area contributed by atoms with Crippen molar-refractivity contribution in [2.75, 3.05) is 43.6 Å². The van der Waals surface area contributed by atoms with Crippen molar-refractivity contribution in [2.24, 2.45) is 0 Å². The molecule has 2 heterocycles. The fraction of sp³-hybridized carbons (Fsp3) is 0.692. The predicted molar refractivity (Wildman–Crippen MR) is 75.0 cm³/mol. The molecule has 1 aromatic rings. The summed E-state index contributed by atoms with van der Waals surface area (Å²) < 4.78 is 11.0. The molecule has 19 heavy (non-hydrogen) atoms. The van der Waals surface area contributed by atoms with Crippen molar-refractivity contribution in [2.45, 2.75) is 26.3 Å². The number of morpholine rings is 1. The third kappa shape index (κ3) is 3.07. The highest BCUT2D eigenvalue weighted by molar-refractivity contribution is 5.65. The van der Waals surface area contributed by atoms with Crippen LogP contribution < -0.4 is 15.0 Å². The number of nitrogens with zero attached hydrogens (tertiary/aromatic N) is 3. The molecule has 0 aliphatic carbocycles.